The maximum absolute atomic E-state index is 13.1. The van der Waals surface area contributed by atoms with Crippen LogP contribution in [0.1, 0.15) is 16.1 Å². The topological polar surface area (TPSA) is 62.9 Å². The molecule has 0 saturated heterocycles. The molecule has 1 N–H and O–H groups in total. The summed E-state index contributed by atoms with van der Waals surface area (Å²) < 4.78 is 47.8. The molecule has 30 heavy (non-hydrogen) atoms. The van der Waals surface area contributed by atoms with Crippen LogP contribution < -0.4 is 9.64 Å². The second-order valence-electron chi connectivity index (χ2n) is 7.01. The summed E-state index contributed by atoms with van der Waals surface area (Å²) in [5.74, 6) is -0.885. The van der Waals surface area contributed by atoms with Gasteiger partial charge < -0.3 is 19.2 Å². The van der Waals surface area contributed by atoms with Crippen LogP contribution >= 0.6 is 0 Å². The number of benzene rings is 2. The van der Waals surface area contributed by atoms with E-state index >= 15 is 0 Å². The van der Waals surface area contributed by atoms with Crippen molar-refractivity contribution < 1.29 is 32.2 Å². The zero-order valence-corrected chi connectivity index (χ0v) is 15.7. The number of alkyl halides is 3. The van der Waals surface area contributed by atoms with Crippen molar-refractivity contribution >= 4 is 11.6 Å². The molecule has 8 heteroatoms. The molecule has 1 aliphatic rings. The number of furan rings is 1. The number of ether oxygens (including phenoxy) is 1. The molecule has 0 spiro atoms. The average Bonchev–Trinajstić information content (AvgIpc) is 3.21. The van der Waals surface area contributed by atoms with Gasteiger partial charge in [-0.05, 0) is 42.3 Å². The molecule has 0 aliphatic carbocycles. The van der Waals surface area contributed by atoms with Crippen LogP contribution in [-0.2, 0) is 6.42 Å². The second kappa shape index (κ2) is 7.87. The molecule has 1 atom stereocenters. The van der Waals surface area contributed by atoms with E-state index in [0.29, 0.717) is 13.0 Å². The SMILES string of the molecule is O=C(c1ccc(-c2ccccc2OC(F)(F)F)o1)N1CC(CO)Cc2ccccc21. The Balaban J connectivity index is 1.65. The summed E-state index contributed by atoms with van der Waals surface area (Å²) in [4.78, 5) is 14.6. The number of aliphatic hydroxyl groups is 1. The fraction of sp³-hybridized carbons (Fsp3) is 0.227. The average molecular weight is 417 g/mol. The van der Waals surface area contributed by atoms with Crippen molar-refractivity contribution in [3.05, 3.63) is 72.0 Å². The highest BCUT2D eigenvalue weighted by atomic mass is 19.4. The van der Waals surface area contributed by atoms with E-state index in [-0.39, 0.29) is 29.6 Å². The van der Waals surface area contributed by atoms with Crippen LogP contribution in [-0.4, -0.2) is 30.5 Å². The van der Waals surface area contributed by atoms with E-state index in [0.717, 1.165) is 11.3 Å². The molecule has 0 radical (unpaired) electrons. The van der Waals surface area contributed by atoms with Crippen LogP contribution in [0.15, 0.2) is 65.1 Å². The van der Waals surface area contributed by atoms with Crippen LogP contribution in [0.25, 0.3) is 11.3 Å². The number of aliphatic hydroxyl groups excluding tert-OH is 1. The first-order chi connectivity index (χ1) is 14.4. The molecule has 156 valence electrons. The zero-order chi connectivity index (χ0) is 21.3. The molecule has 1 amide bonds. The van der Waals surface area contributed by atoms with Gasteiger partial charge >= 0.3 is 6.36 Å². The van der Waals surface area contributed by atoms with Crippen LogP contribution in [0.2, 0.25) is 0 Å². The quantitative estimate of drug-likeness (QED) is 0.671. The molecule has 1 aromatic heterocycles. The number of hydrogen-bond donors (Lipinski definition) is 1. The number of hydrogen-bond acceptors (Lipinski definition) is 4. The number of para-hydroxylation sites is 2. The number of carbonyl (C=O) groups is 1. The van der Waals surface area contributed by atoms with Crippen LogP contribution in [0.4, 0.5) is 18.9 Å². The lowest BCUT2D eigenvalue weighted by Crippen LogP contribution is -2.41. The van der Waals surface area contributed by atoms with Crippen LogP contribution in [0.3, 0.4) is 0 Å². The summed E-state index contributed by atoms with van der Waals surface area (Å²) in [5.41, 5.74) is 1.75. The third-order valence-electron chi connectivity index (χ3n) is 4.93. The van der Waals surface area contributed by atoms with E-state index in [1.807, 2.05) is 24.3 Å². The van der Waals surface area contributed by atoms with Crippen molar-refractivity contribution in [2.24, 2.45) is 5.92 Å². The van der Waals surface area contributed by atoms with Gasteiger partial charge in [0.1, 0.15) is 11.5 Å². The van der Waals surface area contributed by atoms with Gasteiger partial charge in [-0.2, -0.15) is 0 Å². The van der Waals surface area contributed by atoms with Crippen molar-refractivity contribution in [1.29, 1.82) is 0 Å². The summed E-state index contributed by atoms with van der Waals surface area (Å²) >= 11 is 0. The molecule has 0 fully saturated rings. The highest BCUT2D eigenvalue weighted by Gasteiger charge is 2.33. The molecule has 1 aliphatic heterocycles. The molecule has 2 heterocycles. The number of carbonyl (C=O) groups excluding carboxylic acids is 1. The van der Waals surface area contributed by atoms with Crippen LogP contribution in [0, 0.1) is 5.92 Å². The van der Waals surface area contributed by atoms with Gasteiger partial charge in [-0.1, -0.05) is 30.3 Å². The Morgan fingerprint density at radius 2 is 1.83 bits per heavy atom. The predicted molar refractivity (Wildman–Crippen MR) is 103 cm³/mol. The third kappa shape index (κ3) is 4.04. The first kappa shape index (κ1) is 20.0. The minimum absolute atomic E-state index is 0.0137. The Labute approximate surface area is 170 Å². The highest BCUT2D eigenvalue weighted by Crippen LogP contribution is 2.36. The Kier molecular flexibility index (Phi) is 5.26. The second-order valence-corrected chi connectivity index (χ2v) is 7.01. The molecular weight excluding hydrogens is 399 g/mol. The van der Waals surface area contributed by atoms with Gasteiger partial charge in [-0.25, -0.2) is 0 Å². The molecule has 3 aromatic rings. The fourth-order valence-electron chi connectivity index (χ4n) is 3.61. The first-order valence-corrected chi connectivity index (χ1v) is 9.31. The highest BCUT2D eigenvalue weighted by molar-refractivity contribution is 6.05. The maximum atomic E-state index is 13.1. The van der Waals surface area contributed by atoms with E-state index in [4.69, 9.17) is 4.42 Å². The van der Waals surface area contributed by atoms with Gasteiger partial charge in [0.15, 0.2) is 5.76 Å². The van der Waals surface area contributed by atoms with Crippen molar-refractivity contribution in [2.45, 2.75) is 12.8 Å². The van der Waals surface area contributed by atoms with Gasteiger partial charge in [-0.3, -0.25) is 4.79 Å². The number of rotatable bonds is 4. The first-order valence-electron chi connectivity index (χ1n) is 9.31. The molecule has 4 rings (SSSR count). The number of anilines is 1. The molecular formula is C22H18F3NO4. The Morgan fingerprint density at radius 1 is 1.10 bits per heavy atom. The molecule has 0 saturated carbocycles. The monoisotopic (exact) mass is 417 g/mol. The molecule has 2 aromatic carbocycles. The summed E-state index contributed by atoms with van der Waals surface area (Å²) in [7, 11) is 0. The largest absolute Gasteiger partial charge is 0.573 e. The maximum Gasteiger partial charge on any atom is 0.573 e. The number of halogens is 3. The number of fused-ring (bicyclic) bond motifs is 1. The molecule has 1 unspecified atom stereocenters. The summed E-state index contributed by atoms with van der Waals surface area (Å²) in [6.07, 6.45) is -4.19. The molecule has 5 nitrogen and oxygen atoms in total. The number of amides is 1. The fourth-order valence-corrected chi connectivity index (χ4v) is 3.61. The van der Waals surface area contributed by atoms with Crippen molar-refractivity contribution in [3.63, 3.8) is 0 Å². The van der Waals surface area contributed by atoms with E-state index in [1.54, 1.807) is 6.07 Å². The van der Waals surface area contributed by atoms with Crippen molar-refractivity contribution in [2.75, 3.05) is 18.1 Å². The van der Waals surface area contributed by atoms with Gasteiger partial charge in [0.05, 0.1) is 5.56 Å². The van der Waals surface area contributed by atoms with Crippen molar-refractivity contribution in [1.82, 2.24) is 0 Å². The third-order valence-corrected chi connectivity index (χ3v) is 4.93. The Hall–Kier alpha value is -3.26. The van der Waals surface area contributed by atoms with E-state index in [9.17, 15) is 23.1 Å². The van der Waals surface area contributed by atoms with Gasteiger partial charge in [0.2, 0.25) is 0 Å². The minimum atomic E-state index is -4.85. The summed E-state index contributed by atoms with van der Waals surface area (Å²) in [5, 5.41) is 9.60. The van der Waals surface area contributed by atoms with Gasteiger partial charge in [0.25, 0.3) is 5.91 Å². The lowest BCUT2D eigenvalue weighted by atomic mass is 9.93. The molecule has 0 bridgehead atoms. The Bertz CT molecular complexity index is 1060. The van der Waals surface area contributed by atoms with Crippen molar-refractivity contribution in [3.8, 4) is 17.1 Å². The summed E-state index contributed by atoms with van der Waals surface area (Å²) in [6, 6.07) is 15.8. The summed E-state index contributed by atoms with van der Waals surface area (Å²) in [6.45, 7) is 0.250. The van der Waals surface area contributed by atoms with E-state index in [1.165, 1.54) is 35.2 Å². The van der Waals surface area contributed by atoms with Crippen LogP contribution in [0.5, 0.6) is 5.75 Å². The Morgan fingerprint density at radius 3 is 2.60 bits per heavy atom. The predicted octanol–water partition coefficient (Wildman–Crippen LogP) is 4.66. The van der Waals surface area contributed by atoms with Gasteiger partial charge in [-0.15, -0.1) is 13.2 Å². The van der Waals surface area contributed by atoms with E-state index < -0.39 is 18.0 Å². The zero-order valence-electron chi connectivity index (χ0n) is 15.7. The lowest BCUT2D eigenvalue weighted by molar-refractivity contribution is -0.274. The van der Waals surface area contributed by atoms with E-state index in [2.05, 4.69) is 4.74 Å². The van der Waals surface area contributed by atoms with Gasteiger partial charge in [0, 0.05) is 24.8 Å². The standard InChI is InChI=1S/C22H18F3NO4/c23-22(24,25)30-19-8-4-2-6-16(19)18-9-10-20(29-18)21(28)26-12-14(13-27)11-15-5-1-3-7-17(15)26/h1-10,14,27H,11-13H2. The lowest BCUT2D eigenvalue weighted by Gasteiger charge is -2.33. The minimum Gasteiger partial charge on any atom is -0.451 e. The number of nitrogens with zero attached hydrogens (tertiary/aromatic N) is 1. The normalized spacial score (nSPS) is 16.3. The smallest absolute Gasteiger partial charge is 0.451 e.